The highest BCUT2D eigenvalue weighted by atomic mass is 32.1. The molecule has 7 heteroatoms. The number of hydrogen-bond donors (Lipinski definition) is 2. The second-order valence-corrected chi connectivity index (χ2v) is 5.52. The summed E-state index contributed by atoms with van der Waals surface area (Å²) in [5.74, 6) is 0.710. The van der Waals surface area contributed by atoms with Gasteiger partial charge in [0.1, 0.15) is 11.5 Å². The van der Waals surface area contributed by atoms with Gasteiger partial charge in [-0.2, -0.15) is 0 Å². The van der Waals surface area contributed by atoms with Crippen LogP contribution in [0, 0.1) is 0 Å². The predicted molar refractivity (Wildman–Crippen MR) is 80.4 cm³/mol. The molecule has 0 spiro atoms. The smallest absolute Gasteiger partial charge is 0.190 e. The molecule has 0 aliphatic carbocycles. The Morgan fingerprint density at radius 3 is 2.85 bits per heavy atom. The van der Waals surface area contributed by atoms with Crippen LogP contribution in [0.2, 0.25) is 0 Å². The van der Waals surface area contributed by atoms with Crippen molar-refractivity contribution in [3.8, 4) is 0 Å². The average molecular weight is 291 g/mol. The minimum atomic E-state index is -0.0432. The highest BCUT2D eigenvalue weighted by Gasteiger charge is 2.13. The second-order valence-electron chi connectivity index (χ2n) is 4.49. The minimum Gasteiger partial charge on any atom is -0.409 e. The van der Waals surface area contributed by atoms with Gasteiger partial charge in [-0.25, -0.2) is 9.97 Å². The Hall–Kier alpha value is -2.15. The summed E-state index contributed by atoms with van der Waals surface area (Å²) in [5.41, 5.74) is 5.81. The summed E-state index contributed by atoms with van der Waals surface area (Å²) in [5, 5.41) is 13.6. The maximum atomic E-state index is 8.58. The summed E-state index contributed by atoms with van der Waals surface area (Å²) < 4.78 is 0. The van der Waals surface area contributed by atoms with Crippen LogP contribution < -0.4 is 10.6 Å². The van der Waals surface area contributed by atoms with E-state index in [2.05, 4.69) is 44.5 Å². The fraction of sp³-hybridized carbons (Fsp3) is 0.308. The van der Waals surface area contributed by atoms with Gasteiger partial charge < -0.3 is 15.8 Å². The highest BCUT2D eigenvalue weighted by molar-refractivity contribution is 7.09. The zero-order valence-electron chi connectivity index (χ0n) is 11.4. The Labute approximate surface area is 121 Å². The van der Waals surface area contributed by atoms with Crippen molar-refractivity contribution < 1.29 is 5.21 Å². The van der Waals surface area contributed by atoms with Gasteiger partial charge in [0.15, 0.2) is 5.84 Å². The monoisotopic (exact) mass is 291 g/mol. The van der Waals surface area contributed by atoms with Crippen LogP contribution in [0.3, 0.4) is 0 Å². The summed E-state index contributed by atoms with van der Waals surface area (Å²) in [6.45, 7) is 2.14. The van der Waals surface area contributed by atoms with Gasteiger partial charge >= 0.3 is 0 Å². The zero-order chi connectivity index (χ0) is 14.5. The Balaban J connectivity index is 2.06. The maximum absolute atomic E-state index is 8.58. The lowest BCUT2D eigenvalue weighted by Gasteiger charge is -2.25. The first-order chi connectivity index (χ1) is 9.61. The molecule has 2 aromatic rings. The van der Waals surface area contributed by atoms with Gasteiger partial charge in [0.05, 0.1) is 12.4 Å². The molecule has 0 aromatic carbocycles. The number of oxime groups is 1. The van der Waals surface area contributed by atoms with Crippen molar-refractivity contribution in [2.24, 2.45) is 10.9 Å². The number of amidine groups is 1. The topological polar surface area (TPSA) is 87.6 Å². The number of anilines is 1. The van der Waals surface area contributed by atoms with E-state index in [1.165, 1.54) is 11.1 Å². The highest BCUT2D eigenvalue weighted by Crippen LogP contribution is 2.17. The lowest BCUT2D eigenvalue weighted by Crippen LogP contribution is -2.31. The average Bonchev–Trinajstić information content (AvgIpc) is 2.98. The summed E-state index contributed by atoms with van der Waals surface area (Å²) >= 11 is 1.75. The van der Waals surface area contributed by atoms with E-state index in [1.807, 2.05) is 7.05 Å². The first-order valence-corrected chi connectivity index (χ1v) is 7.05. The van der Waals surface area contributed by atoms with Crippen LogP contribution >= 0.6 is 11.3 Å². The summed E-state index contributed by atoms with van der Waals surface area (Å²) in [4.78, 5) is 11.8. The van der Waals surface area contributed by atoms with Crippen LogP contribution in [-0.2, 0) is 6.42 Å². The molecule has 0 bridgehead atoms. The lowest BCUT2D eigenvalue weighted by atomic mass is 10.2. The van der Waals surface area contributed by atoms with Gasteiger partial charge in [-0.15, -0.1) is 11.3 Å². The van der Waals surface area contributed by atoms with E-state index in [4.69, 9.17) is 10.9 Å². The molecule has 0 amide bonds. The summed E-state index contributed by atoms with van der Waals surface area (Å²) in [7, 11) is 1.98. The van der Waals surface area contributed by atoms with E-state index in [1.54, 1.807) is 17.5 Å². The van der Waals surface area contributed by atoms with Gasteiger partial charge in [0, 0.05) is 24.4 Å². The Morgan fingerprint density at radius 2 is 2.30 bits per heavy atom. The van der Waals surface area contributed by atoms with Crippen LogP contribution in [0.1, 0.15) is 17.5 Å². The van der Waals surface area contributed by atoms with Crippen molar-refractivity contribution in [2.45, 2.75) is 19.4 Å². The first kappa shape index (κ1) is 14.3. The number of hydrogen-bond acceptors (Lipinski definition) is 6. The normalized spacial score (nSPS) is 13.2. The molecular weight excluding hydrogens is 274 g/mol. The third-order valence-corrected chi connectivity index (χ3v) is 4.01. The van der Waals surface area contributed by atoms with Gasteiger partial charge in [-0.1, -0.05) is 11.2 Å². The van der Waals surface area contributed by atoms with Gasteiger partial charge in [-0.05, 0) is 18.4 Å². The third kappa shape index (κ3) is 3.24. The number of aromatic nitrogens is 2. The molecule has 2 heterocycles. The van der Waals surface area contributed by atoms with Gasteiger partial charge in [0.2, 0.25) is 0 Å². The molecule has 0 aliphatic rings. The molecule has 3 N–H and O–H groups in total. The quantitative estimate of drug-likeness (QED) is 0.379. The first-order valence-electron chi connectivity index (χ1n) is 6.17. The van der Waals surface area contributed by atoms with E-state index in [0.29, 0.717) is 11.7 Å². The molecule has 0 saturated carbocycles. The van der Waals surface area contributed by atoms with E-state index in [9.17, 15) is 0 Å². The van der Waals surface area contributed by atoms with E-state index in [0.717, 1.165) is 12.2 Å². The molecule has 2 rings (SSSR count). The predicted octanol–water partition coefficient (Wildman–Crippen LogP) is 1.70. The number of nitrogens with two attached hydrogens (primary N) is 1. The molecule has 0 aliphatic heterocycles. The van der Waals surface area contributed by atoms with Gasteiger partial charge in [0.25, 0.3) is 0 Å². The molecule has 0 radical (unpaired) electrons. The van der Waals surface area contributed by atoms with Crippen molar-refractivity contribution in [3.63, 3.8) is 0 Å². The molecule has 1 atom stereocenters. The van der Waals surface area contributed by atoms with Crippen LogP contribution in [-0.4, -0.2) is 34.1 Å². The van der Waals surface area contributed by atoms with E-state index in [-0.39, 0.29) is 5.84 Å². The third-order valence-electron chi connectivity index (χ3n) is 3.11. The number of thiophene rings is 1. The number of nitrogens with zero attached hydrogens (tertiary/aromatic N) is 4. The van der Waals surface area contributed by atoms with Gasteiger partial charge in [-0.3, -0.25) is 0 Å². The minimum absolute atomic E-state index is 0.0432. The van der Waals surface area contributed by atoms with E-state index >= 15 is 0 Å². The molecule has 0 saturated heterocycles. The van der Waals surface area contributed by atoms with Crippen LogP contribution in [0.15, 0.2) is 35.1 Å². The summed E-state index contributed by atoms with van der Waals surface area (Å²) in [6, 6.07) is 4.48. The van der Waals surface area contributed by atoms with Crippen molar-refractivity contribution >= 4 is 23.0 Å². The second kappa shape index (κ2) is 6.33. The Morgan fingerprint density at radius 1 is 1.50 bits per heavy atom. The standard InChI is InChI=1S/C13H17N5OS/c1-9(6-10-4-3-5-20-10)18(2)12-8-15-11(7-16-12)13(14)17-19/h3-5,7-9,19H,6H2,1-2H3,(H2,14,17). The lowest BCUT2D eigenvalue weighted by molar-refractivity contribution is 0.318. The SMILES string of the molecule is CC(Cc1cccs1)N(C)c1cnc(C(N)=NO)cn1. The van der Waals surface area contributed by atoms with Crippen LogP contribution in [0.5, 0.6) is 0 Å². The molecule has 0 fully saturated rings. The fourth-order valence-electron chi connectivity index (χ4n) is 1.77. The maximum Gasteiger partial charge on any atom is 0.190 e. The number of likely N-dealkylation sites (N-methyl/N-ethyl adjacent to an activating group) is 1. The molecular formula is C13H17N5OS. The van der Waals surface area contributed by atoms with Crippen molar-refractivity contribution in [3.05, 3.63) is 40.5 Å². The fourth-order valence-corrected chi connectivity index (χ4v) is 2.60. The van der Waals surface area contributed by atoms with Crippen LogP contribution in [0.4, 0.5) is 5.82 Å². The van der Waals surface area contributed by atoms with Crippen molar-refractivity contribution in [2.75, 3.05) is 11.9 Å². The molecule has 6 nitrogen and oxygen atoms in total. The van der Waals surface area contributed by atoms with Crippen molar-refractivity contribution in [1.29, 1.82) is 0 Å². The van der Waals surface area contributed by atoms with Crippen molar-refractivity contribution in [1.82, 2.24) is 9.97 Å². The number of rotatable bonds is 5. The molecule has 106 valence electrons. The summed E-state index contributed by atoms with van der Waals surface area (Å²) in [6.07, 6.45) is 4.08. The Kier molecular flexibility index (Phi) is 4.52. The largest absolute Gasteiger partial charge is 0.409 e. The molecule has 20 heavy (non-hydrogen) atoms. The zero-order valence-corrected chi connectivity index (χ0v) is 12.2. The Bertz CT molecular complexity index is 567. The van der Waals surface area contributed by atoms with E-state index < -0.39 is 0 Å². The molecule has 2 aromatic heterocycles. The van der Waals surface area contributed by atoms with Crippen LogP contribution in [0.25, 0.3) is 0 Å². The molecule has 1 unspecified atom stereocenters.